The number of alkyl carbamates (subject to hydrolysis) is 1. The molecular formula is C46H60N10O7. The normalized spacial score (nSPS) is 17.5. The van der Waals surface area contributed by atoms with Gasteiger partial charge in [-0.15, -0.1) is 10.2 Å². The highest BCUT2D eigenvalue weighted by molar-refractivity contribution is 5.98. The number of anilines is 1. The fraction of sp³-hybridized carbons (Fsp3) is 0.500. The number of carbonyl (C=O) groups excluding carboxylic acids is 5. The van der Waals surface area contributed by atoms with Crippen molar-refractivity contribution in [2.24, 2.45) is 11.8 Å². The summed E-state index contributed by atoms with van der Waals surface area (Å²) in [5.74, 6) is -0.438. The Balaban J connectivity index is 1.07. The number of pyridine rings is 1. The van der Waals surface area contributed by atoms with Crippen LogP contribution in [0, 0.1) is 18.8 Å². The molecular weight excluding hydrogens is 805 g/mol. The number of benzene rings is 2. The molecule has 2 aromatic heterocycles. The van der Waals surface area contributed by atoms with Crippen LogP contribution in [0.2, 0.25) is 0 Å². The lowest BCUT2D eigenvalue weighted by Gasteiger charge is -2.33. The zero-order valence-corrected chi connectivity index (χ0v) is 37.2. The van der Waals surface area contributed by atoms with Gasteiger partial charge in [0, 0.05) is 61.0 Å². The predicted molar refractivity (Wildman–Crippen MR) is 236 cm³/mol. The fourth-order valence-electron chi connectivity index (χ4n) is 7.72. The van der Waals surface area contributed by atoms with Gasteiger partial charge in [0.1, 0.15) is 22.9 Å². The molecule has 1 saturated carbocycles. The van der Waals surface area contributed by atoms with Crippen LogP contribution in [-0.4, -0.2) is 103 Å². The summed E-state index contributed by atoms with van der Waals surface area (Å²) in [4.78, 5) is 71.7. The summed E-state index contributed by atoms with van der Waals surface area (Å²) in [6.07, 6.45) is 5.15. The van der Waals surface area contributed by atoms with E-state index in [1.54, 1.807) is 41.4 Å². The minimum absolute atomic E-state index is 0.0840. The van der Waals surface area contributed by atoms with E-state index in [9.17, 15) is 24.0 Å². The summed E-state index contributed by atoms with van der Waals surface area (Å²) in [7, 11) is 0. The number of carbonyl (C=O) groups is 5. The largest absolute Gasteiger partial charge is 0.444 e. The zero-order valence-electron chi connectivity index (χ0n) is 37.2. The molecule has 5 N–H and O–H groups in total. The van der Waals surface area contributed by atoms with E-state index < -0.39 is 23.3 Å². The highest BCUT2D eigenvalue weighted by atomic mass is 16.6. The number of aryl methyl sites for hydroxylation is 1. The van der Waals surface area contributed by atoms with Crippen molar-refractivity contribution in [3.63, 3.8) is 0 Å². The van der Waals surface area contributed by atoms with Gasteiger partial charge in [-0.2, -0.15) is 5.21 Å². The molecule has 6 rings (SSSR count). The number of piperidine rings is 1. The Kier molecular flexibility index (Phi) is 14.8. The molecule has 2 fully saturated rings. The molecule has 17 heteroatoms. The van der Waals surface area contributed by atoms with Gasteiger partial charge < -0.3 is 35.6 Å². The molecule has 1 aliphatic heterocycles. The van der Waals surface area contributed by atoms with E-state index in [1.807, 2.05) is 72.7 Å². The number of H-pyrrole nitrogens is 1. The first-order valence-electron chi connectivity index (χ1n) is 21.7. The second-order valence-corrected chi connectivity index (χ2v) is 18.5. The number of rotatable bonds is 12. The van der Waals surface area contributed by atoms with E-state index in [-0.39, 0.29) is 48.1 Å². The number of amides is 5. The van der Waals surface area contributed by atoms with Gasteiger partial charge in [0.2, 0.25) is 17.6 Å². The highest BCUT2D eigenvalue weighted by Gasteiger charge is 2.31. The van der Waals surface area contributed by atoms with Crippen LogP contribution in [0.3, 0.4) is 0 Å². The Morgan fingerprint density at radius 1 is 0.841 bits per heavy atom. The van der Waals surface area contributed by atoms with Crippen molar-refractivity contribution >= 4 is 35.6 Å². The van der Waals surface area contributed by atoms with E-state index in [0.29, 0.717) is 62.5 Å². The summed E-state index contributed by atoms with van der Waals surface area (Å²) in [5.41, 5.74) is 3.87. The molecule has 17 nitrogen and oxygen atoms in total. The second kappa shape index (κ2) is 20.2. The van der Waals surface area contributed by atoms with E-state index in [1.165, 1.54) is 0 Å². The van der Waals surface area contributed by atoms with E-state index >= 15 is 0 Å². The average Bonchev–Trinajstić information content (AvgIpc) is 3.78. The van der Waals surface area contributed by atoms with E-state index in [0.717, 1.165) is 40.7 Å². The lowest BCUT2D eigenvalue weighted by Crippen LogP contribution is -2.48. The summed E-state index contributed by atoms with van der Waals surface area (Å²) >= 11 is 0. The molecule has 0 unspecified atom stereocenters. The molecule has 4 aromatic rings. The van der Waals surface area contributed by atoms with Gasteiger partial charge in [-0.25, -0.2) is 9.59 Å². The predicted octanol–water partition coefficient (Wildman–Crippen LogP) is 6.36. The molecule has 0 spiro atoms. The number of hydrogen-bond donors (Lipinski definition) is 5. The van der Waals surface area contributed by atoms with Crippen LogP contribution < -0.4 is 21.3 Å². The Morgan fingerprint density at radius 3 is 2.10 bits per heavy atom. The molecule has 63 heavy (non-hydrogen) atoms. The van der Waals surface area contributed by atoms with Gasteiger partial charge in [-0.05, 0) is 145 Å². The van der Waals surface area contributed by atoms with Crippen molar-refractivity contribution in [3.8, 4) is 22.5 Å². The van der Waals surface area contributed by atoms with Crippen LogP contribution in [0.5, 0.6) is 0 Å². The highest BCUT2D eigenvalue weighted by Crippen LogP contribution is 2.30. The number of likely N-dealkylation sites (tertiary alicyclic amines) is 1. The third-order valence-corrected chi connectivity index (χ3v) is 11.1. The molecule has 1 aliphatic carbocycles. The summed E-state index contributed by atoms with van der Waals surface area (Å²) in [6, 6.07) is 15.6. The van der Waals surface area contributed by atoms with E-state index in [2.05, 4.69) is 46.9 Å². The number of nitrogens with one attached hydrogen (secondary N) is 5. The number of nitrogens with zero attached hydrogens (tertiary/aromatic N) is 5. The minimum atomic E-state index is -0.877. The van der Waals surface area contributed by atoms with Gasteiger partial charge >= 0.3 is 12.2 Å². The maximum absolute atomic E-state index is 13.9. The molecule has 2 aromatic carbocycles. The van der Waals surface area contributed by atoms with Crippen molar-refractivity contribution in [2.75, 3.05) is 25.0 Å². The summed E-state index contributed by atoms with van der Waals surface area (Å²) < 4.78 is 10.9. The second-order valence-electron chi connectivity index (χ2n) is 18.5. The van der Waals surface area contributed by atoms with Crippen LogP contribution in [-0.2, 0) is 25.5 Å². The van der Waals surface area contributed by atoms with Gasteiger partial charge in [-0.3, -0.25) is 19.4 Å². The van der Waals surface area contributed by atoms with Crippen molar-refractivity contribution in [3.05, 3.63) is 77.6 Å². The number of aromatic amines is 1. The first-order valence-corrected chi connectivity index (χ1v) is 21.7. The zero-order chi connectivity index (χ0) is 45.3. The monoisotopic (exact) mass is 864 g/mol. The first kappa shape index (κ1) is 46.1. The average molecular weight is 865 g/mol. The van der Waals surface area contributed by atoms with Crippen molar-refractivity contribution in [1.82, 2.24) is 46.5 Å². The Bertz CT molecular complexity index is 2200. The Hall–Kier alpha value is -6.39. The van der Waals surface area contributed by atoms with Gasteiger partial charge in [-0.1, -0.05) is 24.3 Å². The van der Waals surface area contributed by atoms with Crippen molar-refractivity contribution in [2.45, 2.75) is 117 Å². The lowest BCUT2D eigenvalue weighted by molar-refractivity contribution is -0.130. The van der Waals surface area contributed by atoms with Gasteiger partial charge in [0.05, 0.1) is 0 Å². The molecule has 3 heterocycles. The van der Waals surface area contributed by atoms with Crippen molar-refractivity contribution in [1.29, 1.82) is 0 Å². The number of hydrogen-bond acceptors (Lipinski definition) is 11. The first-order chi connectivity index (χ1) is 29.9. The molecule has 1 atom stereocenters. The number of aromatic nitrogens is 5. The standard InChI is InChI=1S/C46H60N10O7/c1-28-24-37(41(58)50-35-20-22-56(23-21-35)44(61)63-46(5,6)7)47-27-36(28)31-12-8-29(9-13-31)25-38(42(59)49-34-18-16-32(17-19-34)39-52-54-55-53-39)51-40(57)33-14-10-30(11-15-33)26-48-43(60)62-45(2,3)4/h8-9,12-13,16-19,24,27,30,33,35,38H,10-11,14-15,20-23,25-26H2,1-7H3,(H,48,60)(H,49,59)(H,50,58)(H,51,57)(H,52,53,54,55)/t30?,33?,38-/m0/s1. The topological polar surface area (TPSA) is 223 Å². The maximum atomic E-state index is 13.9. The molecule has 2 aliphatic rings. The maximum Gasteiger partial charge on any atom is 0.410 e. The smallest absolute Gasteiger partial charge is 0.410 e. The minimum Gasteiger partial charge on any atom is -0.444 e. The summed E-state index contributed by atoms with van der Waals surface area (Å²) in [5, 5.41) is 26.0. The van der Waals surface area contributed by atoms with Crippen LogP contribution in [0.1, 0.15) is 102 Å². The third-order valence-electron chi connectivity index (χ3n) is 11.1. The van der Waals surface area contributed by atoms with Gasteiger partial charge in [0.15, 0.2) is 0 Å². The molecule has 0 radical (unpaired) electrons. The third kappa shape index (κ3) is 13.5. The van der Waals surface area contributed by atoms with Crippen LogP contribution in [0.25, 0.3) is 22.5 Å². The molecule has 1 saturated heterocycles. The molecule has 5 amide bonds. The Labute approximate surface area is 368 Å². The quantitative estimate of drug-likeness (QED) is 0.105. The van der Waals surface area contributed by atoms with Crippen molar-refractivity contribution < 1.29 is 33.4 Å². The van der Waals surface area contributed by atoms with Crippen LogP contribution in [0.4, 0.5) is 15.3 Å². The van der Waals surface area contributed by atoms with Gasteiger partial charge in [0.25, 0.3) is 5.91 Å². The number of ether oxygens (including phenoxy) is 2. The summed E-state index contributed by atoms with van der Waals surface area (Å²) in [6.45, 7) is 14.4. The van der Waals surface area contributed by atoms with Crippen LogP contribution >= 0.6 is 0 Å². The molecule has 0 bridgehead atoms. The Morgan fingerprint density at radius 2 is 1.49 bits per heavy atom. The fourth-order valence-corrected chi connectivity index (χ4v) is 7.72. The molecule has 336 valence electrons. The number of tetrazole rings is 1. The SMILES string of the molecule is Cc1cc(C(=O)NC2CCN(C(=O)OC(C)(C)C)CC2)ncc1-c1ccc(C[C@H](NC(=O)C2CCC(CNC(=O)OC(C)(C)C)CC2)C(=O)Nc2ccc(-c3nn[nH]n3)cc2)cc1. The van der Waals surface area contributed by atoms with E-state index in [4.69, 9.17) is 9.47 Å². The lowest BCUT2D eigenvalue weighted by atomic mass is 9.81. The van der Waals surface area contributed by atoms with Crippen LogP contribution in [0.15, 0.2) is 60.8 Å².